The van der Waals surface area contributed by atoms with Gasteiger partial charge < -0.3 is 10.5 Å². The fourth-order valence-electron chi connectivity index (χ4n) is 3.11. The van der Waals surface area contributed by atoms with Gasteiger partial charge >= 0.3 is 6.09 Å². The average molecular weight is 527 g/mol. The van der Waals surface area contributed by atoms with Gasteiger partial charge in [0.25, 0.3) is 0 Å². The molecule has 1 aromatic heterocycles. The van der Waals surface area contributed by atoms with E-state index in [0.717, 1.165) is 18.2 Å². The number of ether oxygens (including phenoxy) is 1. The summed E-state index contributed by atoms with van der Waals surface area (Å²) in [6.07, 6.45) is -0.967. The van der Waals surface area contributed by atoms with E-state index in [9.17, 15) is 22.0 Å². The van der Waals surface area contributed by atoms with E-state index in [-0.39, 0.29) is 28.6 Å². The maximum Gasteiger partial charge on any atom is 0.405 e. The van der Waals surface area contributed by atoms with E-state index in [0.29, 0.717) is 17.3 Å². The SMILES string of the molecule is CC(C)(C#Cc1ccc(Br)c(C(Cc2cc(F)cc(F)c2)OC(N)=O)n1)S(=O)(=O)C1CC1. The third-order valence-electron chi connectivity index (χ3n) is 4.95. The van der Waals surface area contributed by atoms with Gasteiger partial charge in [-0.25, -0.2) is 27.0 Å². The number of benzene rings is 1. The second-order valence-corrected chi connectivity index (χ2v) is 11.6. The molecular weight excluding hydrogens is 506 g/mol. The molecule has 32 heavy (non-hydrogen) atoms. The van der Waals surface area contributed by atoms with Crippen LogP contribution in [-0.2, 0) is 21.0 Å². The molecule has 0 spiro atoms. The van der Waals surface area contributed by atoms with Gasteiger partial charge in [0.2, 0.25) is 0 Å². The van der Waals surface area contributed by atoms with Gasteiger partial charge in [-0.3, -0.25) is 0 Å². The van der Waals surface area contributed by atoms with Gasteiger partial charge in [-0.15, -0.1) is 0 Å². The van der Waals surface area contributed by atoms with Gasteiger partial charge in [-0.1, -0.05) is 5.92 Å². The van der Waals surface area contributed by atoms with Gasteiger partial charge in [0.1, 0.15) is 22.1 Å². The summed E-state index contributed by atoms with van der Waals surface area (Å²) in [5, 5.41) is -0.361. The highest BCUT2D eigenvalue weighted by molar-refractivity contribution is 9.10. The number of hydrogen-bond acceptors (Lipinski definition) is 5. The molecule has 1 saturated carbocycles. The molecule has 10 heteroatoms. The third-order valence-corrected chi connectivity index (χ3v) is 8.49. The molecule has 0 aliphatic heterocycles. The first-order chi connectivity index (χ1) is 14.9. The number of rotatable bonds is 6. The van der Waals surface area contributed by atoms with Crippen LogP contribution < -0.4 is 5.73 Å². The molecule has 0 radical (unpaired) electrons. The Balaban J connectivity index is 1.95. The minimum atomic E-state index is -3.40. The van der Waals surface area contributed by atoms with Gasteiger partial charge in [-0.05, 0) is 78.4 Å². The quantitative estimate of drug-likeness (QED) is 0.568. The van der Waals surface area contributed by atoms with E-state index < -0.39 is 38.4 Å². The van der Waals surface area contributed by atoms with E-state index in [2.05, 4.69) is 32.8 Å². The van der Waals surface area contributed by atoms with E-state index in [1.54, 1.807) is 26.0 Å². The molecule has 1 fully saturated rings. The van der Waals surface area contributed by atoms with Gasteiger partial charge in [0, 0.05) is 17.0 Å². The number of nitrogens with zero attached hydrogens (tertiary/aromatic N) is 1. The van der Waals surface area contributed by atoms with E-state index >= 15 is 0 Å². The number of aromatic nitrogens is 1. The zero-order valence-corrected chi connectivity index (χ0v) is 19.8. The molecular formula is C22H21BrF2N2O4S. The number of primary amides is 1. The first kappa shape index (κ1) is 24.1. The summed E-state index contributed by atoms with van der Waals surface area (Å²) in [7, 11) is -3.40. The van der Waals surface area contributed by atoms with Crippen molar-refractivity contribution in [3.8, 4) is 11.8 Å². The lowest BCUT2D eigenvalue weighted by atomic mass is 10.0. The summed E-state index contributed by atoms with van der Waals surface area (Å²) >= 11 is 3.33. The molecule has 2 aromatic rings. The van der Waals surface area contributed by atoms with E-state index in [4.69, 9.17) is 10.5 Å². The first-order valence-corrected chi connectivity index (χ1v) is 12.1. The van der Waals surface area contributed by atoms with Gasteiger partial charge in [0.05, 0.1) is 10.9 Å². The average Bonchev–Trinajstić information content (AvgIpc) is 3.51. The Morgan fingerprint density at radius 3 is 2.47 bits per heavy atom. The summed E-state index contributed by atoms with van der Waals surface area (Å²) < 4.78 is 56.7. The van der Waals surface area contributed by atoms with Crippen molar-refractivity contribution in [1.29, 1.82) is 0 Å². The molecule has 2 N–H and O–H groups in total. The minimum Gasteiger partial charge on any atom is -0.439 e. The van der Waals surface area contributed by atoms with Crippen molar-refractivity contribution >= 4 is 31.9 Å². The molecule has 3 rings (SSSR count). The first-order valence-electron chi connectivity index (χ1n) is 9.73. The lowest BCUT2D eigenvalue weighted by Crippen LogP contribution is -2.33. The maximum atomic E-state index is 13.6. The smallest absolute Gasteiger partial charge is 0.405 e. The zero-order valence-electron chi connectivity index (χ0n) is 17.4. The molecule has 1 aliphatic carbocycles. The van der Waals surface area contributed by atoms with Crippen molar-refractivity contribution in [1.82, 2.24) is 4.98 Å². The number of sulfone groups is 1. The Bertz CT molecular complexity index is 1200. The second-order valence-electron chi connectivity index (χ2n) is 7.98. The Hall–Kier alpha value is -2.51. The normalized spacial score (nSPS) is 14.9. The number of nitrogens with two attached hydrogens (primary N) is 1. The summed E-state index contributed by atoms with van der Waals surface area (Å²) in [4.78, 5) is 15.8. The van der Waals surface area contributed by atoms with Crippen molar-refractivity contribution in [2.45, 2.75) is 49.2 Å². The molecule has 0 saturated heterocycles. The van der Waals surface area contributed by atoms with Crippen molar-refractivity contribution < 1.29 is 26.7 Å². The third kappa shape index (κ3) is 5.64. The number of amides is 1. The summed E-state index contributed by atoms with van der Waals surface area (Å²) in [6.45, 7) is 3.09. The Morgan fingerprint density at radius 2 is 1.91 bits per heavy atom. The standard InChI is InChI=1S/C22H21BrF2N2O4S/c1-22(2,32(29,30)17-4-5-17)8-7-16-3-6-18(23)20(27-16)19(31-21(26)28)11-13-9-14(24)12-15(25)10-13/h3,6,9-10,12,17,19H,4-5,11H2,1-2H3,(H2,26,28). The zero-order chi connectivity index (χ0) is 23.7. The van der Waals surface area contributed by atoms with E-state index in [1.807, 2.05) is 0 Å². The molecule has 1 aliphatic rings. The van der Waals surface area contributed by atoms with Crippen LogP contribution in [-0.4, -0.2) is 29.5 Å². The molecule has 1 aromatic carbocycles. The second kappa shape index (κ2) is 9.16. The van der Waals surface area contributed by atoms with Crippen LogP contribution in [0.2, 0.25) is 0 Å². The number of carbonyl (C=O) groups is 1. The molecule has 170 valence electrons. The van der Waals surface area contributed by atoms with Gasteiger partial charge in [-0.2, -0.15) is 0 Å². The fourth-order valence-corrected chi connectivity index (χ4v) is 5.37. The maximum absolute atomic E-state index is 13.6. The van der Waals surface area contributed by atoms with Crippen LogP contribution in [0.15, 0.2) is 34.8 Å². The number of pyridine rings is 1. The van der Waals surface area contributed by atoms with Crippen LogP contribution in [0.25, 0.3) is 0 Å². The predicted octanol–water partition coefficient (Wildman–Crippen LogP) is 4.21. The van der Waals surface area contributed by atoms with Crippen LogP contribution in [0.3, 0.4) is 0 Å². The highest BCUT2D eigenvalue weighted by Gasteiger charge is 2.45. The molecule has 0 bridgehead atoms. The van der Waals surface area contributed by atoms with Crippen molar-refractivity contribution in [3.05, 3.63) is 63.4 Å². The molecule has 1 amide bonds. The number of carbonyl (C=O) groups excluding carboxylic acids is 1. The summed E-state index contributed by atoms with van der Waals surface area (Å²) in [6, 6.07) is 6.14. The Kier molecular flexibility index (Phi) is 6.91. The highest BCUT2D eigenvalue weighted by Crippen LogP contribution is 2.36. The van der Waals surface area contributed by atoms with Crippen LogP contribution in [0.4, 0.5) is 13.6 Å². The van der Waals surface area contributed by atoms with Crippen molar-refractivity contribution in [3.63, 3.8) is 0 Å². The summed E-state index contributed by atoms with van der Waals surface area (Å²) in [5.41, 5.74) is 5.88. The van der Waals surface area contributed by atoms with Crippen LogP contribution >= 0.6 is 15.9 Å². The van der Waals surface area contributed by atoms with E-state index in [1.165, 1.54) is 0 Å². The topological polar surface area (TPSA) is 99.3 Å². The van der Waals surface area contributed by atoms with Crippen LogP contribution in [0.5, 0.6) is 0 Å². The Morgan fingerprint density at radius 1 is 1.28 bits per heavy atom. The van der Waals surface area contributed by atoms with Crippen molar-refractivity contribution in [2.75, 3.05) is 0 Å². The lowest BCUT2D eigenvalue weighted by Gasteiger charge is -2.19. The highest BCUT2D eigenvalue weighted by atomic mass is 79.9. The summed E-state index contributed by atoms with van der Waals surface area (Å²) in [5.74, 6) is 4.01. The minimum absolute atomic E-state index is 0.0956. The predicted molar refractivity (Wildman–Crippen MR) is 118 cm³/mol. The molecule has 1 heterocycles. The number of hydrogen-bond donors (Lipinski definition) is 1. The van der Waals surface area contributed by atoms with Crippen LogP contribution in [0, 0.1) is 23.5 Å². The fraction of sp³-hybridized carbons (Fsp3) is 0.364. The lowest BCUT2D eigenvalue weighted by molar-refractivity contribution is 0.104. The molecule has 6 nitrogen and oxygen atoms in total. The van der Waals surface area contributed by atoms with Crippen LogP contribution in [0.1, 0.15) is 49.7 Å². The molecule has 1 atom stereocenters. The molecule has 1 unspecified atom stereocenters. The van der Waals surface area contributed by atoms with Gasteiger partial charge in [0.15, 0.2) is 15.9 Å². The Labute approximate surface area is 193 Å². The monoisotopic (exact) mass is 526 g/mol. The van der Waals surface area contributed by atoms with Crippen molar-refractivity contribution in [2.24, 2.45) is 5.73 Å². The largest absolute Gasteiger partial charge is 0.439 e. The number of halogens is 3.